The summed E-state index contributed by atoms with van der Waals surface area (Å²) >= 11 is 0. The summed E-state index contributed by atoms with van der Waals surface area (Å²) in [4.78, 5) is 0. The Morgan fingerprint density at radius 2 is 2.06 bits per heavy atom. The lowest BCUT2D eigenvalue weighted by Gasteiger charge is -2.22. The van der Waals surface area contributed by atoms with Crippen molar-refractivity contribution < 1.29 is 9.47 Å². The summed E-state index contributed by atoms with van der Waals surface area (Å²) in [6, 6.07) is 6.50. The van der Waals surface area contributed by atoms with E-state index in [1.807, 2.05) is 25.1 Å². The van der Waals surface area contributed by atoms with Crippen molar-refractivity contribution in [3.8, 4) is 11.5 Å². The lowest BCUT2D eigenvalue weighted by molar-refractivity contribution is 0.311. The first-order chi connectivity index (χ1) is 8.59. The minimum Gasteiger partial charge on any atom is -0.493 e. The van der Waals surface area contributed by atoms with Crippen LogP contribution in [0.1, 0.15) is 33.6 Å². The van der Waals surface area contributed by atoms with Crippen LogP contribution in [0.2, 0.25) is 0 Å². The zero-order chi connectivity index (χ0) is 13.2. The first-order valence-corrected chi connectivity index (χ1v) is 6.66. The maximum Gasteiger partial charge on any atom is 0.163 e. The molecular weight excluding hydrogens is 226 g/mol. The van der Waals surface area contributed by atoms with E-state index >= 15 is 0 Å². The van der Waals surface area contributed by atoms with Crippen LogP contribution in [0, 0.1) is 5.41 Å². The van der Waals surface area contributed by atoms with Gasteiger partial charge in [0.25, 0.3) is 0 Å². The molecule has 100 valence electrons. The Morgan fingerprint density at radius 3 is 2.61 bits per heavy atom. The summed E-state index contributed by atoms with van der Waals surface area (Å²) in [7, 11) is 1.67. The minimum atomic E-state index is 0.464. The van der Waals surface area contributed by atoms with E-state index in [0.717, 1.165) is 17.2 Å². The average Bonchev–Trinajstić information content (AvgIpc) is 3.10. The van der Waals surface area contributed by atoms with Crippen LogP contribution in [-0.2, 0) is 0 Å². The van der Waals surface area contributed by atoms with Crippen molar-refractivity contribution in [2.24, 2.45) is 5.41 Å². The molecule has 0 amide bonds. The molecule has 1 aliphatic carbocycles. The molecule has 0 radical (unpaired) electrons. The normalized spacial score (nSPS) is 18.0. The van der Waals surface area contributed by atoms with Gasteiger partial charge in [0.15, 0.2) is 11.5 Å². The molecule has 0 aliphatic heterocycles. The number of benzene rings is 1. The zero-order valence-electron chi connectivity index (χ0n) is 11.7. The molecule has 1 aromatic rings. The molecule has 1 fully saturated rings. The zero-order valence-corrected chi connectivity index (χ0v) is 11.7. The molecule has 3 nitrogen and oxygen atoms in total. The summed E-state index contributed by atoms with van der Waals surface area (Å²) in [5.74, 6) is 1.59. The molecule has 2 rings (SSSR count). The van der Waals surface area contributed by atoms with Gasteiger partial charge in [0.05, 0.1) is 13.7 Å². The number of nitrogens with one attached hydrogen (secondary N) is 1. The first-order valence-electron chi connectivity index (χ1n) is 6.66. The molecule has 0 spiro atoms. The topological polar surface area (TPSA) is 30.5 Å². The number of rotatable bonds is 6. The molecule has 0 heterocycles. The number of hydrogen-bond donors (Lipinski definition) is 1. The third-order valence-corrected chi connectivity index (χ3v) is 3.93. The summed E-state index contributed by atoms with van der Waals surface area (Å²) in [6.07, 6.45) is 2.63. The lowest BCUT2D eigenvalue weighted by Crippen LogP contribution is -2.24. The van der Waals surface area contributed by atoms with Gasteiger partial charge in [-0.3, -0.25) is 0 Å². The highest BCUT2D eigenvalue weighted by Crippen LogP contribution is 2.49. The summed E-state index contributed by atoms with van der Waals surface area (Å²) < 4.78 is 10.9. The highest BCUT2D eigenvalue weighted by atomic mass is 16.5. The smallest absolute Gasteiger partial charge is 0.163 e. The van der Waals surface area contributed by atoms with Crippen LogP contribution in [-0.4, -0.2) is 19.8 Å². The second-order valence-corrected chi connectivity index (χ2v) is 5.32. The van der Waals surface area contributed by atoms with Crippen molar-refractivity contribution in [1.29, 1.82) is 0 Å². The summed E-state index contributed by atoms with van der Waals surface area (Å²) in [5, 5.41) is 3.56. The highest BCUT2D eigenvalue weighted by molar-refractivity contribution is 5.55. The maximum atomic E-state index is 5.59. The number of hydrogen-bond acceptors (Lipinski definition) is 3. The largest absolute Gasteiger partial charge is 0.493 e. The molecule has 1 atom stereocenters. The van der Waals surface area contributed by atoms with Crippen LogP contribution in [0.5, 0.6) is 11.5 Å². The first kappa shape index (κ1) is 13.1. The van der Waals surface area contributed by atoms with E-state index in [2.05, 4.69) is 19.2 Å². The van der Waals surface area contributed by atoms with E-state index < -0.39 is 0 Å². The quantitative estimate of drug-likeness (QED) is 0.834. The molecule has 0 bridgehead atoms. The van der Waals surface area contributed by atoms with Gasteiger partial charge in [0, 0.05) is 17.8 Å². The van der Waals surface area contributed by atoms with Crippen molar-refractivity contribution >= 4 is 5.69 Å². The number of anilines is 1. The number of methoxy groups -OCH3 is 1. The van der Waals surface area contributed by atoms with E-state index in [-0.39, 0.29) is 0 Å². The number of ether oxygens (including phenoxy) is 2. The van der Waals surface area contributed by atoms with Crippen molar-refractivity contribution in [3.05, 3.63) is 18.2 Å². The van der Waals surface area contributed by atoms with Crippen LogP contribution in [0.25, 0.3) is 0 Å². The summed E-state index contributed by atoms with van der Waals surface area (Å²) in [6.45, 7) is 7.20. The van der Waals surface area contributed by atoms with Gasteiger partial charge in [-0.15, -0.1) is 0 Å². The van der Waals surface area contributed by atoms with Crippen molar-refractivity contribution in [2.45, 2.75) is 39.7 Å². The molecule has 1 aliphatic rings. The molecule has 1 aromatic carbocycles. The maximum absolute atomic E-state index is 5.59. The van der Waals surface area contributed by atoms with Crippen molar-refractivity contribution in [3.63, 3.8) is 0 Å². The molecular formula is C15H23NO2. The Balaban J connectivity index is 2.10. The molecule has 1 saturated carbocycles. The molecule has 0 aromatic heterocycles. The van der Waals surface area contributed by atoms with Crippen LogP contribution in [0.3, 0.4) is 0 Å². The molecule has 18 heavy (non-hydrogen) atoms. The van der Waals surface area contributed by atoms with E-state index in [9.17, 15) is 0 Å². The fourth-order valence-electron chi connectivity index (χ4n) is 2.09. The minimum absolute atomic E-state index is 0.464. The predicted molar refractivity (Wildman–Crippen MR) is 74.6 cm³/mol. The van der Waals surface area contributed by atoms with Gasteiger partial charge >= 0.3 is 0 Å². The van der Waals surface area contributed by atoms with Gasteiger partial charge < -0.3 is 14.8 Å². The van der Waals surface area contributed by atoms with E-state index in [1.54, 1.807) is 7.11 Å². The Morgan fingerprint density at radius 1 is 1.33 bits per heavy atom. The Kier molecular flexibility index (Phi) is 3.69. The molecule has 1 N–H and O–H groups in total. The molecule has 0 saturated heterocycles. The standard InChI is InChI=1S/C15H23NO2/c1-5-18-14-10-12(6-7-13(14)17-4)16-11(2)15(3)8-9-15/h6-7,10-11,16H,5,8-9H2,1-4H3. The second-order valence-electron chi connectivity index (χ2n) is 5.32. The van der Waals surface area contributed by atoms with Crippen LogP contribution in [0.4, 0.5) is 5.69 Å². The second kappa shape index (κ2) is 5.09. The molecule has 3 heteroatoms. The highest BCUT2D eigenvalue weighted by Gasteiger charge is 2.42. The fraction of sp³-hybridized carbons (Fsp3) is 0.600. The Hall–Kier alpha value is -1.38. The Labute approximate surface area is 109 Å². The van der Waals surface area contributed by atoms with Gasteiger partial charge in [-0.25, -0.2) is 0 Å². The van der Waals surface area contributed by atoms with E-state index in [1.165, 1.54) is 12.8 Å². The Bertz CT molecular complexity index is 413. The van der Waals surface area contributed by atoms with Gasteiger partial charge in [0.1, 0.15) is 0 Å². The monoisotopic (exact) mass is 249 g/mol. The SMILES string of the molecule is CCOc1cc(NC(C)C2(C)CC2)ccc1OC. The van der Waals surface area contributed by atoms with Crippen LogP contribution in [0.15, 0.2) is 18.2 Å². The third-order valence-electron chi connectivity index (χ3n) is 3.93. The van der Waals surface area contributed by atoms with E-state index in [4.69, 9.17) is 9.47 Å². The van der Waals surface area contributed by atoms with Gasteiger partial charge in [-0.05, 0) is 44.2 Å². The average molecular weight is 249 g/mol. The molecule has 1 unspecified atom stereocenters. The van der Waals surface area contributed by atoms with Gasteiger partial charge in [-0.2, -0.15) is 0 Å². The third kappa shape index (κ3) is 2.71. The van der Waals surface area contributed by atoms with Crippen molar-refractivity contribution in [2.75, 3.05) is 19.0 Å². The van der Waals surface area contributed by atoms with Crippen LogP contribution >= 0.6 is 0 Å². The fourth-order valence-corrected chi connectivity index (χ4v) is 2.09. The summed E-state index contributed by atoms with van der Waals surface area (Å²) in [5.41, 5.74) is 1.56. The van der Waals surface area contributed by atoms with Gasteiger partial charge in [0.2, 0.25) is 0 Å². The van der Waals surface area contributed by atoms with Crippen molar-refractivity contribution in [1.82, 2.24) is 0 Å². The lowest BCUT2D eigenvalue weighted by atomic mass is 10.0. The van der Waals surface area contributed by atoms with Gasteiger partial charge in [-0.1, -0.05) is 6.92 Å². The predicted octanol–water partition coefficient (Wildman–Crippen LogP) is 3.69. The van der Waals surface area contributed by atoms with Crippen LogP contribution < -0.4 is 14.8 Å². The van der Waals surface area contributed by atoms with E-state index in [0.29, 0.717) is 18.1 Å².